The molecule has 13 heavy (non-hydrogen) atoms. The molecule has 0 aromatic rings. The van der Waals surface area contributed by atoms with Crippen molar-refractivity contribution in [2.24, 2.45) is 5.73 Å². The van der Waals surface area contributed by atoms with E-state index in [2.05, 4.69) is 0 Å². The number of nitrogens with zero attached hydrogens (tertiary/aromatic N) is 2. The van der Waals surface area contributed by atoms with E-state index >= 15 is 0 Å². The Morgan fingerprint density at radius 2 is 1.69 bits per heavy atom. The summed E-state index contributed by atoms with van der Waals surface area (Å²) >= 11 is 0. The van der Waals surface area contributed by atoms with Gasteiger partial charge in [0.15, 0.2) is 5.96 Å². The van der Waals surface area contributed by atoms with Gasteiger partial charge < -0.3 is 21.1 Å². The van der Waals surface area contributed by atoms with Crippen molar-refractivity contribution in [2.45, 2.75) is 0 Å². The van der Waals surface area contributed by atoms with Gasteiger partial charge in [0.1, 0.15) is 20.2 Å². The Kier molecular flexibility index (Phi) is 4.74. The van der Waals surface area contributed by atoms with E-state index in [0.29, 0.717) is 9.80 Å². The van der Waals surface area contributed by atoms with Crippen LogP contribution in [0.4, 0.5) is 4.79 Å². The molecule has 8 heteroatoms. The van der Waals surface area contributed by atoms with Crippen molar-refractivity contribution >= 4 is 12.0 Å². The van der Waals surface area contributed by atoms with Crippen LogP contribution in [0.15, 0.2) is 0 Å². The van der Waals surface area contributed by atoms with Crippen molar-refractivity contribution in [1.29, 1.82) is 5.41 Å². The first kappa shape index (κ1) is 11.6. The highest BCUT2D eigenvalue weighted by Gasteiger charge is 2.20. The van der Waals surface area contributed by atoms with Crippen LogP contribution >= 0.6 is 0 Å². The number of hydrogen-bond acceptors (Lipinski definition) is 5. The average molecular weight is 192 g/mol. The van der Waals surface area contributed by atoms with Gasteiger partial charge in [-0.2, -0.15) is 0 Å². The van der Waals surface area contributed by atoms with Crippen molar-refractivity contribution in [2.75, 3.05) is 20.2 Å². The fourth-order valence-electron chi connectivity index (χ4n) is 0.576. The lowest BCUT2D eigenvalue weighted by Crippen LogP contribution is -2.49. The van der Waals surface area contributed by atoms with Crippen LogP contribution in [-0.4, -0.2) is 57.3 Å². The van der Waals surface area contributed by atoms with Crippen LogP contribution < -0.4 is 5.73 Å². The highest BCUT2D eigenvalue weighted by atomic mass is 16.3. The molecular weight excluding hydrogens is 180 g/mol. The summed E-state index contributed by atoms with van der Waals surface area (Å²) in [5.74, 6) is -0.667. The molecule has 0 spiro atoms. The standard InChI is InChI=1S/C5H12N4O4/c6-4(7)9(3-12)5(13)8(1-10)2-11/h10-12H,1-3H2,(H3,6,7). The monoisotopic (exact) mass is 192 g/mol. The number of urea groups is 1. The molecule has 0 atom stereocenters. The lowest BCUT2D eigenvalue weighted by atomic mass is 10.6. The van der Waals surface area contributed by atoms with Gasteiger partial charge in [-0.3, -0.25) is 10.3 Å². The van der Waals surface area contributed by atoms with Gasteiger partial charge in [0.05, 0.1) is 0 Å². The summed E-state index contributed by atoms with van der Waals surface area (Å²) in [6, 6.07) is -0.944. The molecule has 0 radical (unpaired) electrons. The largest absolute Gasteiger partial charge is 0.376 e. The first-order valence-corrected chi connectivity index (χ1v) is 3.31. The smallest absolute Gasteiger partial charge is 0.332 e. The van der Waals surface area contributed by atoms with Gasteiger partial charge in [-0.05, 0) is 0 Å². The molecular formula is C5H12N4O4. The molecule has 8 nitrogen and oxygen atoms in total. The van der Waals surface area contributed by atoms with Crippen molar-refractivity contribution in [3.8, 4) is 0 Å². The van der Waals surface area contributed by atoms with Crippen LogP contribution in [0.3, 0.4) is 0 Å². The maximum Gasteiger partial charge on any atom is 0.332 e. The molecule has 0 heterocycles. The summed E-state index contributed by atoms with van der Waals surface area (Å²) < 4.78 is 0. The SMILES string of the molecule is N=C(N)N(CO)C(=O)N(CO)CO. The molecule has 76 valence electrons. The van der Waals surface area contributed by atoms with Gasteiger partial charge in [-0.1, -0.05) is 0 Å². The lowest BCUT2D eigenvalue weighted by molar-refractivity contribution is 0.0391. The number of aliphatic hydroxyl groups is 3. The van der Waals surface area contributed by atoms with Crippen molar-refractivity contribution < 1.29 is 20.1 Å². The molecule has 0 unspecified atom stereocenters. The van der Waals surface area contributed by atoms with Gasteiger partial charge in [0.2, 0.25) is 0 Å². The topological polar surface area (TPSA) is 134 Å². The van der Waals surface area contributed by atoms with Crippen LogP contribution in [0, 0.1) is 5.41 Å². The van der Waals surface area contributed by atoms with Crippen LogP contribution in [-0.2, 0) is 0 Å². The summed E-state index contributed by atoms with van der Waals surface area (Å²) in [6.45, 7) is -2.23. The number of amides is 2. The third kappa shape index (κ3) is 2.86. The number of carbonyl (C=O) groups is 1. The number of rotatable bonds is 3. The number of nitrogens with two attached hydrogens (primary N) is 1. The van der Waals surface area contributed by atoms with E-state index in [0.717, 1.165) is 0 Å². The Morgan fingerprint density at radius 3 is 1.92 bits per heavy atom. The van der Waals surface area contributed by atoms with Gasteiger partial charge in [0, 0.05) is 0 Å². The summed E-state index contributed by atoms with van der Waals surface area (Å²) in [5, 5.41) is 32.6. The highest BCUT2D eigenvalue weighted by molar-refractivity contribution is 5.93. The van der Waals surface area contributed by atoms with E-state index in [1.807, 2.05) is 0 Å². The molecule has 6 N–H and O–H groups in total. The van der Waals surface area contributed by atoms with Crippen LogP contribution in [0.5, 0.6) is 0 Å². The van der Waals surface area contributed by atoms with E-state index in [9.17, 15) is 4.79 Å². The molecule has 0 aliphatic rings. The van der Waals surface area contributed by atoms with Crippen molar-refractivity contribution in [3.05, 3.63) is 0 Å². The van der Waals surface area contributed by atoms with Crippen LogP contribution in [0.25, 0.3) is 0 Å². The van der Waals surface area contributed by atoms with Gasteiger partial charge in [-0.15, -0.1) is 0 Å². The zero-order chi connectivity index (χ0) is 10.4. The molecule has 2 amide bonds. The Hall–Kier alpha value is -1.38. The zero-order valence-electron chi connectivity index (χ0n) is 6.84. The first-order chi connectivity index (χ1) is 6.08. The quantitative estimate of drug-likeness (QED) is 0.191. The third-order valence-electron chi connectivity index (χ3n) is 1.28. The van der Waals surface area contributed by atoms with Gasteiger partial charge in [0.25, 0.3) is 0 Å². The first-order valence-electron chi connectivity index (χ1n) is 3.31. The maximum atomic E-state index is 11.1. The summed E-state index contributed by atoms with van der Waals surface area (Å²) in [7, 11) is 0. The van der Waals surface area contributed by atoms with Crippen molar-refractivity contribution in [1.82, 2.24) is 9.80 Å². The van der Waals surface area contributed by atoms with E-state index in [-0.39, 0.29) is 0 Å². The molecule has 0 aliphatic heterocycles. The Labute approximate surface area is 74.3 Å². The van der Waals surface area contributed by atoms with E-state index < -0.39 is 32.2 Å². The number of nitrogens with one attached hydrogen (secondary N) is 1. The second kappa shape index (κ2) is 5.30. The van der Waals surface area contributed by atoms with Crippen LogP contribution in [0.2, 0.25) is 0 Å². The molecule has 0 rings (SSSR count). The van der Waals surface area contributed by atoms with E-state index in [1.165, 1.54) is 0 Å². The van der Waals surface area contributed by atoms with Crippen molar-refractivity contribution in [3.63, 3.8) is 0 Å². The fourth-order valence-corrected chi connectivity index (χ4v) is 0.576. The predicted octanol–water partition coefficient (Wildman–Crippen LogP) is -2.55. The number of hydrogen-bond donors (Lipinski definition) is 5. The lowest BCUT2D eigenvalue weighted by Gasteiger charge is -2.24. The minimum absolute atomic E-state index is 0.479. The number of aliphatic hydroxyl groups excluding tert-OH is 3. The molecule has 0 bridgehead atoms. The molecule has 0 saturated carbocycles. The van der Waals surface area contributed by atoms with E-state index in [1.54, 1.807) is 0 Å². The molecule has 0 aromatic heterocycles. The van der Waals surface area contributed by atoms with Crippen LogP contribution in [0.1, 0.15) is 0 Å². The highest BCUT2D eigenvalue weighted by Crippen LogP contribution is 1.95. The van der Waals surface area contributed by atoms with E-state index in [4.69, 9.17) is 26.5 Å². The third-order valence-corrected chi connectivity index (χ3v) is 1.28. The maximum absolute atomic E-state index is 11.1. The Bertz CT molecular complexity index is 193. The Morgan fingerprint density at radius 1 is 1.23 bits per heavy atom. The predicted molar refractivity (Wildman–Crippen MR) is 42.2 cm³/mol. The second-order valence-corrected chi connectivity index (χ2v) is 2.06. The number of carbonyl (C=O) groups excluding carboxylic acids is 1. The summed E-state index contributed by atoms with van der Waals surface area (Å²) in [4.78, 5) is 12.2. The Balaban J connectivity index is 4.43. The molecule has 0 aromatic carbocycles. The normalized spacial score (nSPS) is 9.46. The molecule has 0 aliphatic carbocycles. The average Bonchev–Trinajstić information content (AvgIpc) is 2.07. The minimum Gasteiger partial charge on any atom is -0.376 e. The van der Waals surface area contributed by atoms with Gasteiger partial charge >= 0.3 is 6.03 Å². The summed E-state index contributed by atoms with van der Waals surface area (Å²) in [6.07, 6.45) is 0. The fraction of sp³-hybridized carbons (Fsp3) is 0.600. The second-order valence-electron chi connectivity index (χ2n) is 2.06. The number of guanidine groups is 1. The molecule has 0 saturated heterocycles. The summed E-state index contributed by atoms with van der Waals surface area (Å²) in [5.41, 5.74) is 4.93. The molecule has 0 fully saturated rings. The van der Waals surface area contributed by atoms with Gasteiger partial charge in [-0.25, -0.2) is 9.69 Å². The zero-order valence-corrected chi connectivity index (χ0v) is 6.84. The minimum atomic E-state index is -0.944.